The lowest BCUT2D eigenvalue weighted by atomic mass is 9.95. The predicted molar refractivity (Wildman–Crippen MR) is 104 cm³/mol. The Hall–Kier alpha value is -1.71. The van der Waals surface area contributed by atoms with Crippen LogP contribution in [0.1, 0.15) is 52.9 Å². The molecule has 0 aliphatic heterocycles. The first-order chi connectivity index (χ1) is 12.5. The Morgan fingerprint density at radius 1 is 1.22 bits per heavy atom. The summed E-state index contributed by atoms with van der Waals surface area (Å²) in [7, 11) is -3.87. The summed E-state index contributed by atoms with van der Waals surface area (Å²) in [5, 5.41) is 24.4. The number of nitrogens with zero attached hydrogens (tertiary/aromatic N) is 1. The number of rotatable bonds is 6. The first kappa shape index (κ1) is 21.6. The van der Waals surface area contributed by atoms with Crippen molar-refractivity contribution in [2.24, 2.45) is 5.92 Å². The predicted octanol–water partition coefficient (Wildman–Crippen LogP) is 3.02. The second-order valence-corrected chi connectivity index (χ2v) is 9.81. The van der Waals surface area contributed by atoms with Crippen molar-refractivity contribution in [3.8, 4) is 0 Å². The van der Waals surface area contributed by atoms with E-state index in [9.17, 15) is 23.6 Å². The molecule has 1 aromatic carbocycles. The highest BCUT2D eigenvalue weighted by Gasteiger charge is 2.28. The Bertz CT molecular complexity index is 774. The topological polar surface area (TPSA) is 122 Å². The van der Waals surface area contributed by atoms with Gasteiger partial charge in [-0.1, -0.05) is 19.3 Å². The summed E-state index contributed by atoms with van der Waals surface area (Å²) < 4.78 is 27.5. The number of anilines is 1. The minimum absolute atomic E-state index is 0.0213. The van der Waals surface area contributed by atoms with Gasteiger partial charge in [0, 0.05) is 30.2 Å². The molecule has 27 heavy (non-hydrogen) atoms. The van der Waals surface area contributed by atoms with E-state index in [-0.39, 0.29) is 34.8 Å². The molecule has 1 aliphatic rings. The summed E-state index contributed by atoms with van der Waals surface area (Å²) in [5.74, 6) is 0.0260. The van der Waals surface area contributed by atoms with Crippen LogP contribution in [0.15, 0.2) is 23.1 Å². The standard InChI is InChI=1S/C18H29N3O5S/c1-18(2,3)20-27(25,26)14-9-10-16(17(11-14)21(23)24)19-15-8-6-4-5-7-13(15)12-22/h9-11,13,15,19-20,22H,4-8,12H2,1-3H3/t13-,15-/m0/s1. The molecule has 0 saturated heterocycles. The molecule has 9 heteroatoms. The van der Waals surface area contributed by atoms with Gasteiger partial charge >= 0.3 is 0 Å². The van der Waals surface area contributed by atoms with Gasteiger partial charge in [0.25, 0.3) is 5.69 Å². The van der Waals surface area contributed by atoms with Crippen molar-refractivity contribution in [1.82, 2.24) is 4.72 Å². The maximum absolute atomic E-state index is 12.5. The fourth-order valence-electron chi connectivity index (χ4n) is 3.41. The Balaban J connectivity index is 2.34. The van der Waals surface area contributed by atoms with E-state index in [1.807, 2.05) is 0 Å². The largest absolute Gasteiger partial charge is 0.396 e. The number of sulfonamides is 1. The van der Waals surface area contributed by atoms with Gasteiger partial charge in [0.05, 0.1) is 9.82 Å². The normalized spacial score (nSPS) is 21.5. The molecule has 0 bridgehead atoms. The molecule has 0 radical (unpaired) electrons. The Morgan fingerprint density at radius 2 is 1.89 bits per heavy atom. The van der Waals surface area contributed by atoms with Crippen LogP contribution in [0.2, 0.25) is 0 Å². The van der Waals surface area contributed by atoms with Crippen molar-refractivity contribution in [2.45, 2.75) is 69.4 Å². The van der Waals surface area contributed by atoms with Gasteiger partial charge in [0.2, 0.25) is 10.0 Å². The van der Waals surface area contributed by atoms with E-state index in [0.717, 1.165) is 38.2 Å². The number of aliphatic hydroxyl groups excluding tert-OH is 1. The molecular formula is C18H29N3O5S. The van der Waals surface area contributed by atoms with Gasteiger partial charge in [0.15, 0.2) is 0 Å². The molecule has 1 saturated carbocycles. The van der Waals surface area contributed by atoms with Gasteiger partial charge in [-0.25, -0.2) is 13.1 Å². The van der Waals surface area contributed by atoms with E-state index in [0.29, 0.717) is 0 Å². The zero-order chi connectivity index (χ0) is 20.2. The number of nitro groups is 1. The molecule has 3 N–H and O–H groups in total. The molecule has 0 spiro atoms. The van der Waals surface area contributed by atoms with Crippen LogP contribution >= 0.6 is 0 Å². The summed E-state index contributed by atoms with van der Waals surface area (Å²) in [6.45, 7) is 5.13. The van der Waals surface area contributed by atoms with Gasteiger partial charge in [-0.2, -0.15) is 0 Å². The number of hydrogen-bond donors (Lipinski definition) is 3. The van der Waals surface area contributed by atoms with Crippen LogP contribution < -0.4 is 10.0 Å². The molecule has 2 rings (SSSR count). The summed E-state index contributed by atoms with van der Waals surface area (Å²) >= 11 is 0. The SMILES string of the molecule is CC(C)(C)NS(=O)(=O)c1ccc(N[C@H]2CCCCC[C@H]2CO)c([N+](=O)[O-])c1. The number of benzene rings is 1. The average Bonchev–Trinajstić information content (AvgIpc) is 2.77. The van der Waals surface area contributed by atoms with E-state index in [2.05, 4.69) is 10.0 Å². The minimum Gasteiger partial charge on any atom is -0.396 e. The molecule has 152 valence electrons. The zero-order valence-corrected chi connectivity index (χ0v) is 16.9. The van der Waals surface area contributed by atoms with Crippen molar-refractivity contribution in [1.29, 1.82) is 0 Å². The van der Waals surface area contributed by atoms with Crippen molar-refractivity contribution in [3.63, 3.8) is 0 Å². The quantitative estimate of drug-likeness (QED) is 0.384. The lowest BCUT2D eigenvalue weighted by Gasteiger charge is -2.25. The third-order valence-electron chi connectivity index (χ3n) is 4.65. The van der Waals surface area contributed by atoms with Crippen molar-refractivity contribution in [2.75, 3.05) is 11.9 Å². The number of nitro benzene ring substituents is 1. The maximum Gasteiger partial charge on any atom is 0.293 e. The third-order valence-corrected chi connectivity index (χ3v) is 6.41. The first-order valence-electron chi connectivity index (χ1n) is 9.23. The van der Waals surface area contributed by atoms with Crippen LogP contribution in [0.3, 0.4) is 0 Å². The van der Waals surface area contributed by atoms with E-state index >= 15 is 0 Å². The first-order valence-corrected chi connectivity index (χ1v) is 10.7. The summed E-state index contributed by atoms with van der Waals surface area (Å²) in [6.07, 6.45) is 4.77. The van der Waals surface area contributed by atoms with E-state index in [1.165, 1.54) is 12.1 Å². The fraction of sp³-hybridized carbons (Fsp3) is 0.667. The molecule has 8 nitrogen and oxygen atoms in total. The highest BCUT2D eigenvalue weighted by atomic mass is 32.2. The van der Waals surface area contributed by atoms with E-state index in [1.54, 1.807) is 20.8 Å². The van der Waals surface area contributed by atoms with Crippen LogP contribution in [0, 0.1) is 16.0 Å². The van der Waals surface area contributed by atoms with Gasteiger partial charge in [-0.15, -0.1) is 0 Å². The molecule has 0 unspecified atom stereocenters. The van der Waals surface area contributed by atoms with Gasteiger partial charge in [0.1, 0.15) is 5.69 Å². The lowest BCUT2D eigenvalue weighted by molar-refractivity contribution is -0.384. The van der Waals surface area contributed by atoms with Crippen LogP contribution in [-0.2, 0) is 10.0 Å². The van der Waals surface area contributed by atoms with Gasteiger partial charge in [-0.05, 0) is 45.7 Å². The molecule has 2 atom stereocenters. The molecule has 1 aliphatic carbocycles. The van der Waals surface area contributed by atoms with Crippen LogP contribution in [0.4, 0.5) is 11.4 Å². The molecule has 0 amide bonds. The summed E-state index contributed by atoms with van der Waals surface area (Å²) in [4.78, 5) is 10.8. The molecule has 0 heterocycles. The molecular weight excluding hydrogens is 370 g/mol. The molecule has 1 aromatic rings. The van der Waals surface area contributed by atoms with Crippen LogP contribution in [0.5, 0.6) is 0 Å². The highest BCUT2D eigenvalue weighted by Crippen LogP contribution is 2.32. The number of aliphatic hydroxyl groups is 1. The lowest BCUT2D eigenvalue weighted by Crippen LogP contribution is -2.40. The molecule has 1 fully saturated rings. The highest BCUT2D eigenvalue weighted by molar-refractivity contribution is 7.89. The van der Waals surface area contributed by atoms with E-state index < -0.39 is 20.5 Å². The summed E-state index contributed by atoms with van der Waals surface area (Å²) in [5.41, 5.74) is -0.702. The fourth-order valence-corrected chi connectivity index (χ4v) is 4.84. The average molecular weight is 400 g/mol. The number of nitrogens with one attached hydrogen (secondary N) is 2. The molecule has 0 aromatic heterocycles. The second kappa shape index (κ2) is 8.53. The minimum atomic E-state index is -3.87. The Labute approximate surface area is 160 Å². The third kappa shape index (κ3) is 5.88. The Kier molecular flexibility index (Phi) is 6.82. The zero-order valence-electron chi connectivity index (χ0n) is 16.1. The van der Waals surface area contributed by atoms with Crippen LogP contribution in [0.25, 0.3) is 0 Å². The van der Waals surface area contributed by atoms with Gasteiger partial charge < -0.3 is 10.4 Å². The Morgan fingerprint density at radius 3 is 2.48 bits per heavy atom. The smallest absolute Gasteiger partial charge is 0.293 e. The van der Waals surface area contributed by atoms with E-state index in [4.69, 9.17) is 0 Å². The van der Waals surface area contributed by atoms with Crippen molar-refractivity contribution >= 4 is 21.4 Å². The van der Waals surface area contributed by atoms with Crippen LogP contribution in [-0.4, -0.2) is 36.6 Å². The van der Waals surface area contributed by atoms with Crippen molar-refractivity contribution < 1.29 is 18.4 Å². The van der Waals surface area contributed by atoms with Crippen molar-refractivity contribution in [3.05, 3.63) is 28.3 Å². The van der Waals surface area contributed by atoms with Gasteiger partial charge in [-0.3, -0.25) is 10.1 Å². The monoisotopic (exact) mass is 399 g/mol. The summed E-state index contributed by atoms with van der Waals surface area (Å²) in [6, 6.07) is 3.82. The number of hydrogen-bond acceptors (Lipinski definition) is 6. The second-order valence-electron chi connectivity index (χ2n) is 8.12. The maximum atomic E-state index is 12.5.